The molecule has 0 aliphatic rings. The summed E-state index contributed by atoms with van der Waals surface area (Å²) in [5, 5.41) is 32.4. The van der Waals surface area contributed by atoms with Gasteiger partial charge in [-0.1, -0.05) is 17.3 Å². The normalized spacial score (nSPS) is 12.2. The molecule has 10 nitrogen and oxygen atoms in total. The van der Waals surface area contributed by atoms with Crippen LogP contribution in [0.2, 0.25) is 0 Å². The van der Waals surface area contributed by atoms with E-state index in [0.717, 1.165) is 5.38 Å². The summed E-state index contributed by atoms with van der Waals surface area (Å²) in [6.45, 7) is -0.258. The smallest absolute Gasteiger partial charge is 0.425 e. The Hall–Kier alpha value is -3.94. The zero-order chi connectivity index (χ0) is 24.9. The second kappa shape index (κ2) is 10.3. The number of para-hydroxylation sites is 2. The first-order chi connectivity index (χ1) is 16.0. The number of nitrogens with zero attached hydrogens (tertiary/aromatic N) is 3. The predicted octanol–water partition coefficient (Wildman–Crippen LogP) is 2.52. The van der Waals surface area contributed by atoms with Gasteiger partial charge >= 0.3 is 12.1 Å². The second-order valence-corrected chi connectivity index (χ2v) is 8.05. The van der Waals surface area contributed by atoms with Crippen LogP contribution in [0.15, 0.2) is 41.9 Å². The molecule has 14 heteroatoms. The van der Waals surface area contributed by atoms with E-state index in [1.807, 2.05) is 0 Å². The molecule has 0 radical (unpaired) electrons. The average molecular weight is 497 g/mol. The lowest BCUT2D eigenvalue weighted by molar-refractivity contribution is -0.137. The fraction of sp³-hybridized carbons (Fsp3) is 0.250. The number of hydrogen-bond donors (Lipinski definition) is 4. The van der Waals surface area contributed by atoms with Gasteiger partial charge in [-0.05, 0) is 18.2 Å². The number of alkyl halides is 3. The van der Waals surface area contributed by atoms with E-state index >= 15 is 0 Å². The summed E-state index contributed by atoms with van der Waals surface area (Å²) in [6, 6.07) is 5.83. The maximum Gasteiger partial charge on any atom is 0.425 e. The standard InChI is InChI=1S/C20H18F3N5O5S/c21-20(22,23)16-5-11(10-34-16)19(33)24-12(7-18(31)32)6-13-8-28(27-26-13)9-17(30)25-14-3-1-2-4-15(14)29/h1-5,8,10,12,29H,6-7,9H2,(H,24,33)(H,25,30)(H,31,32). The zero-order valence-electron chi connectivity index (χ0n) is 17.2. The largest absolute Gasteiger partial charge is 0.506 e. The third kappa shape index (κ3) is 6.78. The van der Waals surface area contributed by atoms with Crippen LogP contribution in [0, 0.1) is 0 Å². The van der Waals surface area contributed by atoms with Crippen molar-refractivity contribution in [3.05, 3.63) is 58.0 Å². The minimum absolute atomic E-state index is 0.0879. The third-order valence-corrected chi connectivity index (χ3v) is 5.40. The molecule has 1 aromatic carbocycles. The Morgan fingerprint density at radius 2 is 1.94 bits per heavy atom. The molecule has 0 spiro atoms. The number of aromatic hydroxyl groups is 1. The first-order valence-corrected chi connectivity index (χ1v) is 10.5. The van der Waals surface area contributed by atoms with Crippen molar-refractivity contribution < 1.29 is 37.8 Å². The van der Waals surface area contributed by atoms with Crippen LogP contribution in [0.5, 0.6) is 5.75 Å². The van der Waals surface area contributed by atoms with Gasteiger partial charge in [0.15, 0.2) is 0 Å². The molecule has 0 aliphatic heterocycles. The monoisotopic (exact) mass is 497 g/mol. The van der Waals surface area contributed by atoms with Gasteiger partial charge in [0.05, 0.1) is 23.4 Å². The number of anilines is 1. The van der Waals surface area contributed by atoms with E-state index in [1.54, 1.807) is 12.1 Å². The highest BCUT2D eigenvalue weighted by molar-refractivity contribution is 7.10. The van der Waals surface area contributed by atoms with Gasteiger partial charge in [0, 0.05) is 24.0 Å². The number of nitrogens with one attached hydrogen (secondary N) is 2. The number of aliphatic carboxylic acids is 1. The molecule has 1 atom stereocenters. The summed E-state index contributed by atoms with van der Waals surface area (Å²) in [5.41, 5.74) is 0.222. The molecule has 0 aliphatic carbocycles. The van der Waals surface area contributed by atoms with Crippen molar-refractivity contribution in [2.75, 3.05) is 5.32 Å². The summed E-state index contributed by atoms with van der Waals surface area (Å²) in [7, 11) is 0. The number of phenols is 1. The van der Waals surface area contributed by atoms with Crippen molar-refractivity contribution in [3.8, 4) is 5.75 Å². The number of phenolic OH excluding ortho intramolecular Hbond substituents is 1. The maximum atomic E-state index is 12.8. The maximum absolute atomic E-state index is 12.8. The van der Waals surface area contributed by atoms with Gasteiger partial charge in [0.1, 0.15) is 17.2 Å². The van der Waals surface area contributed by atoms with Crippen LogP contribution in [0.25, 0.3) is 0 Å². The van der Waals surface area contributed by atoms with Crippen LogP contribution in [0.3, 0.4) is 0 Å². The molecule has 0 saturated heterocycles. The number of carbonyl (C=O) groups excluding carboxylic acids is 2. The minimum Gasteiger partial charge on any atom is -0.506 e. The molecule has 2 heterocycles. The Bertz CT molecular complexity index is 1190. The van der Waals surface area contributed by atoms with Gasteiger partial charge in [-0.2, -0.15) is 13.2 Å². The predicted molar refractivity (Wildman–Crippen MR) is 113 cm³/mol. The zero-order valence-corrected chi connectivity index (χ0v) is 18.1. The van der Waals surface area contributed by atoms with Crippen LogP contribution >= 0.6 is 11.3 Å². The van der Waals surface area contributed by atoms with E-state index in [4.69, 9.17) is 5.11 Å². The number of halogens is 3. The van der Waals surface area contributed by atoms with Crippen LogP contribution in [0.4, 0.5) is 18.9 Å². The highest BCUT2D eigenvalue weighted by Crippen LogP contribution is 2.34. The lowest BCUT2D eigenvalue weighted by atomic mass is 10.1. The molecule has 4 N–H and O–H groups in total. The van der Waals surface area contributed by atoms with Gasteiger partial charge in [-0.15, -0.1) is 16.4 Å². The Kier molecular flexibility index (Phi) is 7.50. The summed E-state index contributed by atoms with van der Waals surface area (Å²) in [4.78, 5) is 34.7. The summed E-state index contributed by atoms with van der Waals surface area (Å²) in [6.07, 6.45) is -3.82. The number of carboxylic acid groups (broad SMARTS) is 1. The van der Waals surface area contributed by atoms with E-state index in [0.29, 0.717) is 17.4 Å². The van der Waals surface area contributed by atoms with Crippen LogP contribution < -0.4 is 10.6 Å². The van der Waals surface area contributed by atoms with Crippen molar-refractivity contribution in [3.63, 3.8) is 0 Å². The lowest BCUT2D eigenvalue weighted by Gasteiger charge is -2.15. The number of carboxylic acids is 1. The lowest BCUT2D eigenvalue weighted by Crippen LogP contribution is -2.38. The van der Waals surface area contributed by atoms with E-state index in [2.05, 4.69) is 20.9 Å². The molecule has 34 heavy (non-hydrogen) atoms. The van der Waals surface area contributed by atoms with Crippen molar-refractivity contribution in [1.82, 2.24) is 20.3 Å². The van der Waals surface area contributed by atoms with Crippen molar-refractivity contribution in [1.29, 1.82) is 0 Å². The van der Waals surface area contributed by atoms with Gasteiger partial charge in [0.25, 0.3) is 5.91 Å². The van der Waals surface area contributed by atoms with Crippen molar-refractivity contribution in [2.45, 2.75) is 31.6 Å². The molecular formula is C20H18F3N5O5S. The third-order valence-electron chi connectivity index (χ3n) is 4.42. The SMILES string of the molecule is O=C(O)CC(Cc1cn(CC(=O)Nc2ccccc2O)nn1)NC(=O)c1csc(C(F)(F)F)c1. The molecule has 0 saturated carbocycles. The Balaban J connectivity index is 1.62. The van der Waals surface area contributed by atoms with Crippen molar-refractivity contribution in [2.24, 2.45) is 0 Å². The molecule has 0 fully saturated rings. The number of hydrogen-bond acceptors (Lipinski definition) is 7. The molecule has 0 bridgehead atoms. The Morgan fingerprint density at radius 3 is 2.59 bits per heavy atom. The Labute approximate surface area is 194 Å². The summed E-state index contributed by atoms with van der Waals surface area (Å²) in [5.74, 6) is -2.71. The number of aromatic nitrogens is 3. The first-order valence-electron chi connectivity index (χ1n) is 9.66. The molecule has 1 unspecified atom stereocenters. The van der Waals surface area contributed by atoms with E-state index in [1.165, 1.54) is 23.0 Å². The quantitative estimate of drug-likeness (QED) is 0.332. The van der Waals surface area contributed by atoms with E-state index in [9.17, 15) is 32.7 Å². The highest BCUT2D eigenvalue weighted by atomic mass is 32.1. The fourth-order valence-corrected chi connectivity index (χ4v) is 3.69. The molecule has 3 aromatic rings. The Morgan fingerprint density at radius 1 is 1.21 bits per heavy atom. The number of amides is 2. The number of carbonyl (C=O) groups is 3. The summed E-state index contributed by atoms with van der Waals surface area (Å²) >= 11 is 0.359. The molecule has 3 rings (SSSR count). The van der Waals surface area contributed by atoms with Crippen LogP contribution in [-0.2, 0) is 28.7 Å². The topological polar surface area (TPSA) is 146 Å². The van der Waals surface area contributed by atoms with Crippen LogP contribution in [-0.4, -0.2) is 49.0 Å². The van der Waals surface area contributed by atoms with E-state index < -0.39 is 41.3 Å². The second-order valence-electron chi connectivity index (χ2n) is 7.14. The van der Waals surface area contributed by atoms with Gasteiger partial charge < -0.3 is 20.8 Å². The van der Waals surface area contributed by atoms with Gasteiger partial charge in [-0.25, -0.2) is 4.68 Å². The van der Waals surface area contributed by atoms with Gasteiger partial charge in [-0.3, -0.25) is 14.4 Å². The highest BCUT2D eigenvalue weighted by Gasteiger charge is 2.33. The number of benzene rings is 1. The van der Waals surface area contributed by atoms with Gasteiger partial charge in [0.2, 0.25) is 5.91 Å². The van der Waals surface area contributed by atoms with E-state index in [-0.39, 0.29) is 35.7 Å². The van der Waals surface area contributed by atoms with Crippen molar-refractivity contribution >= 4 is 34.8 Å². The first kappa shape index (κ1) is 24.7. The molecule has 2 aromatic heterocycles. The molecular weight excluding hydrogens is 479 g/mol. The summed E-state index contributed by atoms with van der Waals surface area (Å²) < 4.78 is 39.5. The number of rotatable bonds is 9. The minimum atomic E-state index is -4.59. The number of thiophene rings is 1. The average Bonchev–Trinajstić information content (AvgIpc) is 3.39. The molecule has 2 amide bonds. The van der Waals surface area contributed by atoms with Crippen LogP contribution in [0.1, 0.15) is 27.3 Å². The fourth-order valence-electron chi connectivity index (χ4n) is 2.94. The molecule has 180 valence electrons.